The van der Waals surface area contributed by atoms with Crippen molar-refractivity contribution in [3.8, 4) is 17.2 Å². The van der Waals surface area contributed by atoms with Gasteiger partial charge in [-0.3, -0.25) is 0 Å². The van der Waals surface area contributed by atoms with E-state index in [1.54, 1.807) is 0 Å². The summed E-state index contributed by atoms with van der Waals surface area (Å²) >= 11 is 0. The second-order valence-electron chi connectivity index (χ2n) is 3.79. The van der Waals surface area contributed by atoms with Crippen molar-refractivity contribution in [3.05, 3.63) is 24.3 Å². The number of aromatic nitrogens is 2. The van der Waals surface area contributed by atoms with Gasteiger partial charge >= 0.3 is 6.01 Å². The van der Waals surface area contributed by atoms with Gasteiger partial charge in [-0.1, -0.05) is 5.10 Å². The first-order valence-electron chi connectivity index (χ1n) is 5.17. The van der Waals surface area contributed by atoms with Crippen LogP contribution < -0.4 is 10.5 Å². The van der Waals surface area contributed by atoms with Crippen LogP contribution in [0.5, 0.6) is 5.75 Å². The van der Waals surface area contributed by atoms with Gasteiger partial charge in [-0.2, -0.15) is 0 Å². The Balaban J connectivity index is 1.80. The molecule has 1 heterocycles. The van der Waals surface area contributed by atoms with E-state index < -0.39 is 0 Å². The monoisotopic (exact) mass is 217 g/mol. The van der Waals surface area contributed by atoms with Gasteiger partial charge in [0.25, 0.3) is 0 Å². The van der Waals surface area contributed by atoms with Crippen LogP contribution in [0.15, 0.2) is 28.7 Å². The lowest BCUT2D eigenvalue weighted by atomic mass is 10.2. The zero-order valence-corrected chi connectivity index (χ0v) is 8.59. The van der Waals surface area contributed by atoms with Crippen LogP contribution in [-0.2, 0) is 0 Å². The van der Waals surface area contributed by atoms with Crippen molar-refractivity contribution in [1.82, 2.24) is 10.2 Å². The van der Waals surface area contributed by atoms with Gasteiger partial charge in [0.2, 0.25) is 5.89 Å². The van der Waals surface area contributed by atoms with Crippen LogP contribution in [0, 0.1) is 0 Å². The lowest BCUT2D eigenvalue weighted by Gasteiger charge is -2.03. The van der Waals surface area contributed by atoms with Gasteiger partial charge in [0.1, 0.15) is 5.75 Å². The summed E-state index contributed by atoms with van der Waals surface area (Å²) in [6.07, 6.45) is 2.72. The molecule has 0 amide bonds. The molecular weight excluding hydrogens is 206 g/mol. The summed E-state index contributed by atoms with van der Waals surface area (Å²) in [5, 5.41) is 7.41. The van der Waals surface area contributed by atoms with E-state index in [9.17, 15) is 0 Å². The van der Waals surface area contributed by atoms with Crippen molar-refractivity contribution in [3.63, 3.8) is 0 Å². The highest BCUT2D eigenvalue weighted by Gasteiger charge is 2.23. The van der Waals surface area contributed by atoms with E-state index in [2.05, 4.69) is 10.2 Å². The predicted octanol–water partition coefficient (Wildman–Crippen LogP) is 1.86. The molecule has 1 saturated carbocycles. The third kappa shape index (κ3) is 1.84. The molecule has 1 aromatic carbocycles. The second-order valence-corrected chi connectivity index (χ2v) is 3.79. The van der Waals surface area contributed by atoms with Crippen LogP contribution in [0.4, 0.5) is 6.01 Å². The first kappa shape index (κ1) is 9.21. The standard InChI is InChI=1S/C11H11N3O2/c12-11-14-13-10(16-11)7-1-3-8(4-2-7)15-9-5-6-9/h1-4,9H,5-6H2,(H2,12,14). The van der Waals surface area contributed by atoms with Crippen LogP contribution >= 0.6 is 0 Å². The van der Waals surface area contributed by atoms with Crippen LogP contribution in [0.2, 0.25) is 0 Å². The van der Waals surface area contributed by atoms with E-state index in [0.29, 0.717) is 12.0 Å². The maximum Gasteiger partial charge on any atom is 0.313 e. The first-order valence-corrected chi connectivity index (χ1v) is 5.17. The number of nitrogen functional groups attached to an aromatic ring is 1. The summed E-state index contributed by atoms with van der Waals surface area (Å²) in [4.78, 5) is 0. The fraction of sp³-hybridized carbons (Fsp3) is 0.273. The maximum atomic E-state index is 5.63. The van der Waals surface area contributed by atoms with Crippen LogP contribution in [0.1, 0.15) is 12.8 Å². The minimum Gasteiger partial charge on any atom is -0.490 e. The lowest BCUT2D eigenvalue weighted by Crippen LogP contribution is -1.95. The molecule has 0 saturated heterocycles. The molecule has 2 N–H and O–H groups in total. The molecule has 5 heteroatoms. The Kier molecular flexibility index (Phi) is 2.02. The number of benzene rings is 1. The number of nitrogens with two attached hydrogens (primary N) is 1. The quantitative estimate of drug-likeness (QED) is 0.849. The average Bonchev–Trinajstić information content (AvgIpc) is 3.00. The summed E-state index contributed by atoms with van der Waals surface area (Å²) < 4.78 is 10.7. The van der Waals surface area contributed by atoms with Gasteiger partial charge in [-0.25, -0.2) is 0 Å². The molecule has 0 atom stereocenters. The molecule has 1 fully saturated rings. The Morgan fingerprint density at radius 3 is 2.50 bits per heavy atom. The van der Waals surface area contributed by atoms with Crippen LogP contribution in [-0.4, -0.2) is 16.3 Å². The molecule has 1 aromatic heterocycles. The van der Waals surface area contributed by atoms with Gasteiger partial charge in [-0.05, 0) is 37.1 Å². The zero-order chi connectivity index (χ0) is 11.0. The smallest absolute Gasteiger partial charge is 0.313 e. The Morgan fingerprint density at radius 1 is 1.19 bits per heavy atom. The normalized spacial score (nSPS) is 15.0. The lowest BCUT2D eigenvalue weighted by molar-refractivity contribution is 0.303. The highest BCUT2D eigenvalue weighted by atomic mass is 16.5. The Morgan fingerprint density at radius 2 is 1.94 bits per heavy atom. The van der Waals surface area contributed by atoms with Crippen molar-refractivity contribution in [2.75, 3.05) is 5.73 Å². The van der Waals surface area contributed by atoms with Gasteiger partial charge in [0, 0.05) is 5.56 Å². The average molecular weight is 217 g/mol. The fourth-order valence-electron chi connectivity index (χ4n) is 1.41. The molecule has 2 aromatic rings. The van der Waals surface area contributed by atoms with Crippen molar-refractivity contribution in [1.29, 1.82) is 0 Å². The Bertz CT molecular complexity index is 488. The molecule has 5 nitrogen and oxygen atoms in total. The topological polar surface area (TPSA) is 74.2 Å². The summed E-state index contributed by atoms with van der Waals surface area (Å²) in [6, 6.07) is 7.63. The predicted molar refractivity (Wildman–Crippen MR) is 57.8 cm³/mol. The summed E-state index contributed by atoms with van der Waals surface area (Å²) in [7, 11) is 0. The Hall–Kier alpha value is -2.04. The third-order valence-corrected chi connectivity index (χ3v) is 2.37. The number of anilines is 1. The van der Waals surface area contributed by atoms with Gasteiger partial charge in [-0.15, -0.1) is 5.10 Å². The van der Waals surface area contributed by atoms with E-state index in [0.717, 1.165) is 24.2 Å². The molecule has 0 unspecified atom stereocenters. The molecule has 3 rings (SSSR count). The molecule has 82 valence electrons. The number of ether oxygens (including phenoxy) is 1. The second kappa shape index (κ2) is 3.52. The minimum absolute atomic E-state index is 0.0771. The SMILES string of the molecule is Nc1nnc(-c2ccc(OC3CC3)cc2)o1. The van der Waals surface area contributed by atoms with E-state index in [1.807, 2.05) is 24.3 Å². The number of rotatable bonds is 3. The third-order valence-electron chi connectivity index (χ3n) is 2.37. The van der Waals surface area contributed by atoms with Crippen molar-refractivity contribution >= 4 is 6.01 Å². The van der Waals surface area contributed by atoms with E-state index in [1.165, 1.54) is 0 Å². The molecule has 1 aliphatic carbocycles. The number of hydrogen-bond acceptors (Lipinski definition) is 5. The van der Waals surface area contributed by atoms with Gasteiger partial charge in [0.05, 0.1) is 6.10 Å². The van der Waals surface area contributed by atoms with Crippen LogP contribution in [0.25, 0.3) is 11.5 Å². The minimum atomic E-state index is 0.0771. The largest absolute Gasteiger partial charge is 0.490 e. The summed E-state index contributed by atoms with van der Waals surface area (Å²) in [5.41, 5.74) is 6.20. The van der Waals surface area contributed by atoms with Gasteiger partial charge in [0.15, 0.2) is 0 Å². The first-order chi connectivity index (χ1) is 7.81. The molecule has 0 bridgehead atoms. The Labute approximate surface area is 92.2 Å². The van der Waals surface area contributed by atoms with E-state index in [-0.39, 0.29) is 6.01 Å². The van der Waals surface area contributed by atoms with E-state index >= 15 is 0 Å². The zero-order valence-electron chi connectivity index (χ0n) is 8.59. The summed E-state index contributed by atoms with van der Waals surface area (Å²) in [6.45, 7) is 0. The number of hydrogen-bond donors (Lipinski definition) is 1. The molecular formula is C11H11N3O2. The maximum absolute atomic E-state index is 5.63. The molecule has 1 aliphatic rings. The molecule has 0 spiro atoms. The summed E-state index contributed by atoms with van der Waals surface area (Å²) in [5.74, 6) is 1.30. The molecule has 0 aliphatic heterocycles. The number of nitrogens with zero attached hydrogens (tertiary/aromatic N) is 2. The van der Waals surface area contributed by atoms with Gasteiger partial charge < -0.3 is 14.9 Å². The van der Waals surface area contributed by atoms with E-state index in [4.69, 9.17) is 14.9 Å². The highest BCUT2D eigenvalue weighted by Crippen LogP contribution is 2.28. The van der Waals surface area contributed by atoms with Crippen molar-refractivity contribution in [2.24, 2.45) is 0 Å². The highest BCUT2D eigenvalue weighted by molar-refractivity contribution is 5.54. The van der Waals surface area contributed by atoms with Crippen LogP contribution in [0.3, 0.4) is 0 Å². The fourth-order valence-corrected chi connectivity index (χ4v) is 1.41. The molecule has 16 heavy (non-hydrogen) atoms. The molecule has 0 radical (unpaired) electrons. The van der Waals surface area contributed by atoms with Crippen molar-refractivity contribution < 1.29 is 9.15 Å². The van der Waals surface area contributed by atoms with Crippen molar-refractivity contribution in [2.45, 2.75) is 18.9 Å².